The van der Waals surface area contributed by atoms with Gasteiger partial charge in [0.15, 0.2) is 0 Å². The van der Waals surface area contributed by atoms with Crippen LogP contribution < -0.4 is 5.73 Å². The highest BCUT2D eigenvalue weighted by Crippen LogP contribution is 2.43. The van der Waals surface area contributed by atoms with Crippen molar-refractivity contribution in [2.24, 2.45) is 23.0 Å². The smallest absolute Gasteiger partial charge is 0.226 e. The lowest BCUT2D eigenvalue weighted by molar-refractivity contribution is -0.140. The van der Waals surface area contributed by atoms with Crippen molar-refractivity contribution in [1.29, 1.82) is 0 Å². The van der Waals surface area contributed by atoms with Gasteiger partial charge in [-0.3, -0.25) is 4.79 Å². The zero-order chi connectivity index (χ0) is 12.6. The Morgan fingerprint density at radius 1 is 1.35 bits per heavy atom. The Bertz CT molecular complexity index is 291. The molecule has 1 saturated carbocycles. The number of amides is 1. The molecule has 3 atom stereocenters. The average Bonchev–Trinajstić information content (AvgIpc) is 2.55. The summed E-state index contributed by atoms with van der Waals surface area (Å²) in [7, 11) is 0. The summed E-state index contributed by atoms with van der Waals surface area (Å²) in [4.78, 5) is 14.6. The summed E-state index contributed by atoms with van der Waals surface area (Å²) in [6.45, 7) is 8.32. The van der Waals surface area contributed by atoms with Gasteiger partial charge in [-0.25, -0.2) is 0 Å². The lowest BCUT2D eigenvalue weighted by Crippen LogP contribution is -2.51. The van der Waals surface area contributed by atoms with Crippen LogP contribution in [0.4, 0.5) is 0 Å². The zero-order valence-electron chi connectivity index (χ0n) is 11.4. The number of likely N-dealkylation sites (tertiary alicyclic amines) is 1. The molecule has 3 heteroatoms. The molecule has 98 valence electrons. The molecule has 1 aliphatic carbocycles. The molecule has 3 unspecified atom stereocenters. The standard InChI is InChI=1S/C14H26N2O/c1-10-7-11(15)9-16(8-10)13(17)12-5-4-6-14(12,2)3/h10-12H,4-9,15H2,1-3H3. The number of piperidine rings is 1. The molecule has 0 bridgehead atoms. The Morgan fingerprint density at radius 3 is 2.59 bits per heavy atom. The molecule has 0 radical (unpaired) electrons. The number of carbonyl (C=O) groups excluding carboxylic acids is 1. The third kappa shape index (κ3) is 2.65. The fraction of sp³-hybridized carbons (Fsp3) is 0.929. The zero-order valence-corrected chi connectivity index (χ0v) is 11.4. The van der Waals surface area contributed by atoms with E-state index in [0.29, 0.717) is 11.8 Å². The number of nitrogens with two attached hydrogens (primary N) is 1. The van der Waals surface area contributed by atoms with E-state index in [0.717, 1.165) is 25.9 Å². The van der Waals surface area contributed by atoms with E-state index in [-0.39, 0.29) is 17.4 Å². The van der Waals surface area contributed by atoms with Crippen molar-refractivity contribution in [3.05, 3.63) is 0 Å². The Balaban J connectivity index is 2.04. The van der Waals surface area contributed by atoms with E-state index in [1.807, 2.05) is 4.90 Å². The molecule has 3 nitrogen and oxygen atoms in total. The van der Waals surface area contributed by atoms with Crippen LogP contribution in [0.5, 0.6) is 0 Å². The van der Waals surface area contributed by atoms with Crippen LogP contribution in [0.15, 0.2) is 0 Å². The van der Waals surface area contributed by atoms with E-state index in [4.69, 9.17) is 5.73 Å². The van der Waals surface area contributed by atoms with Gasteiger partial charge >= 0.3 is 0 Å². The minimum atomic E-state index is 0.173. The summed E-state index contributed by atoms with van der Waals surface area (Å²) in [6.07, 6.45) is 4.49. The van der Waals surface area contributed by atoms with Crippen LogP contribution in [0.3, 0.4) is 0 Å². The minimum absolute atomic E-state index is 0.173. The number of rotatable bonds is 1. The molecule has 0 spiro atoms. The first-order valence-corrected chi connectivity index (χ1v) is 6.94. The fourth-order valence-corrected chi connectivity index (χ4v) is 3.58. The normalized spacial score (nSPS) is 37.2. The van der Waals surface area contributed by atoms with Gasteiger partial charge in [0.2, 0.25) is 5.91 Å². The van der Waals surface area contributed by atoms with Gasteiger partial charge in [0.05, 0.1) is 0 Å². The highest BCUT2D eigenvalue weighted by molar-refractivity contribution is 5.80. The molecule has 2 fully saturated rings. The van der Waals surface area contributed by atoms with E-state index in [2.05, 4.69) is 20.8 Å². The monoisotopic (exact) mass is 238 g/mol. The summed E-state index contributed by atoms with van der Waals surface area (Å²) in [5, 5.41) is 0. The van der Waals surface area contributed by atoms with Crippen molar-refractivity contribution in [1.82, 2.24) is 4.90 Å². The first-order valence-electron chi connectivity index (χ1n) is 6.94. The number of carbonyl (C=O) groups is 1. The van der Waals surface area contributed by atoms with Crippen molar-refractivity contribution in [2.45, 2.75) is 52.5 Å². The summed E-state index contributed by atoms with van der Waals surface area (Å²) in [6, 6.07) is 0.173. The van der Waals surface area contributed by atoms with E-state index in [9.17, 15) is 4.79 Å². The third-order valence-corrected chi connectivity index (χ3v) is 4.56. The molecule has 0 aromatic rings. The summed E-state index contributed by atoms with van der Waals surface area (Å²) >= 11 is 0. The van der Waals surface area contributed by atoms with Gasteiger partial charge in [-0.2, -0.15) is 0 Å². The van der Waals surface area contributed by atoms with Crippen molar-refractivity contribution in [3.63, 3.8) is 0 Å². The van der Waals surface area contributed by atoms with E-state index in [1.165, 1.54) is 12.8 Å². The molecule has 1 heterocycles. The Labute approximate surface area is 105 Å². The summed E-state index contributed by atoms with van der Waals surface area (Å²) in [5.41, 5.74) is 6.21. The van der Waals surface area contributed by atoms with Crippen molar-refractivity contribution < 1.29 is 4.79 Å². The van der Waals surface area contributed by atoms with E-state index < -0.39 is 0 Å². The first kappa shape index (κ1) is 12.9. The summed E-state index contributed by atoms with van der Waals surface area (Å²) in [5.74, 6) is 1.13. The quantitative estimate of drug-likeness (QED) is 0.759. The van der Waals surface area contributed by atoms with Crippen LogP contribution in [0.2, 0.25) is 0 Å². The van der Waals surface area contributed by atoms with Crippen molar-refractivity contribution in [3.8, 4) is 0 Å². The van der Waals surface area contributed by atoms with Crippen molar-refractivity contribution >= 4 is 5.91 Å². The van der Waals surface area contributed by atoms with Crippen LogP contribution in [0.25, 0.3) is 0 Å². The predicted octanol–water partition coefficient (Wildman–Crippen LogP) is 2.01. The van der Waals surface area contributed by atoms with Gasteiger partial charge in [-0.1, -0.05) is 27.2 Å². The maximum Gasteiger partial charge on any atom is 0.226 e. The van der Waals surface area contributed by atoms with Crippen LogP contribution in [0.1, 0.15) is 46.5 Å². The summed E-state index contributed by atoms with van der Waals surface area (Å²) < 4.78 is 0. The largest absolute Gasteiger partial charge is 0.341 e. The molecule has 0 aromatic heterocycles. The van der Waals surface area contributed by atoms with Gasteiger partial charge in [0.25, 0.3) is 0 Å². The fourth-order valence-electron chi connectivity index (χ4n) is 3.58. The molecule has 0 aromatic carbocycles. The minimum Gasteiger partial charge on any atom is -0.341 e. The lowest BCUT2D eigenvalue weighted by atomic mass is 9.80. The molecule has 1 amide bonds. The van der Waals surface area contributed by atoms with E-state index in [1.54, 1.807) is 0 Å². The Kier molecular flexibility index (Phi) is 3.48. The molecule has 17 heavy (non-hydrogen) atoms. The second kappa shape index (κ2) is 4.60. The Hall–Kier alpha value is -0.570. The highest BCUT2D eigenvalue weighted by atomic mass is 16.2. The van der Waals surface area contributed by atoms with Gasteiger partial charge in [-0.15, -0.1) is 0 Å². The van der Waals surface area contributed by atoms with Gasteiger partial charge < -0.3 is 10.6 Å². The molecule has 1 aliphatic heterocycles. The molecular formula is C14H26N2O. The molecule has 2 rings (SSSR count). The number of nitrogens with zero attached hydrogens (tertiary/aromatic N) is 1. The second-order valence-corrected chi connectivity index (χ2v) is 6.78. The number of hydrogen-bond donors (Lipinski definition) is 1. The SMILES string of the molecule is CC1CC(N)CN(C(=O)C2CCCC2(C)C)C1. The topological polar surface area (TPSA) is 46.3 Å². The predicted molar refractivity (Wildman–Crippen MR) is 69.5 cm³/mol. The van der Waals surface area contributed by atoms with Gasteiger partial charge in [0, 0.05) is 25.0 Å². The van der Waals surface area contributed by atoms with Crippen LogP contribution in [-0.4, -0.2) is 29.9 Å². The van der Waals surface area contributed by atoms with E-state index >= 15 is 0 Å². The maximum atomic E-state index is 12.6. The molecule has 2 N–H and O–H groups in total. The second-order valence-electron chi connectivity index (χ2n) is 6.78. The van der Waals surface area contributed by atoms with Gasteiger partial charge in [0.1, 0.15) is 0 Å². The highest BCUT2D eigenvalue weighted by Gasteiger charge is 2.42. The first-order chi connectivity index (χ1) is 7.90. The average molecular weight is 238 g/mol. The molecule has 2 aliphatic rings. The lowest BCUT2D eigenvalue weighted by Gasteiger charge is -2.38. The van der Waals surface area contributed by atoms with Crippen molar-refractivity contribution in [2.75, 3.05) is 13.1 Å². The van der Waals surface area contributed by atoms with Crippen LogP contribution in [0, 0.1) is 17.3 Å². The number of hydrogen-bond acceptors (Lipinski definition) is 2. The van der Waals surface area contributed by atoms with Crippen LogP contribution >= 0.6 is 0 Å². The van der Waals surface area contributed by atoms with Crippen LogP contribution in [-0.2, 0) is 4.79 Å². The maximum absolute atomic E-state index is 12.6. The third-order valence-electron chi connectivity index (χ3n) is 4.56. The molecular weight excluding hydrogens is 212 g/mol. The molecule has 1 saturated heterocycles. The van der Waals surface area contributed by atoms with Gasteiger partial charge in [-0.05, 0) is 30.6 Å². The Morgan fingerprint density at radius 2 is 2.06 bits per heavy atom.